The average molecular weight is 307 g/mol. The summed E-state index contributed by atoms with van der Waals surface area (Å²) in [4.78, 5) is 28.8. The van der Waals surface area contributed by atoms with Crippen molar-refractivity contribution < 1.29 is 9.59 Å². The molecule has 3 fully saturated rings. The van der Waals surface area contributed by atoms with Gasteiger partial charge in [0.1, 0.15) is 0 Å². The molecule has 0 aromatic heterocycles. The Kier molecular flexibility index (Phi) is 4.71. The normalized spacial score (nSPS) is 26.9. The van der Waals surface area contributed by atoms with Crippen LogP contribution in [-0.4, -0.2) is 60.4 Å². The molecule has 1 aliphatic heterocycles. The van der Waals surface area contributed by atoms with Crippen molar-refractivity contribution in [2.24, 2.45) is 11.8 Å². The molecule has 1 heterocycles. The van der Waals surface area contributed by atoms with Crippen LogP contribution in [-0.2, 0) is 9.59 Å². The number of rotatable bonds is 6. The highest BCUT2D eigenvalue weighted by Gasteiger charge is 2.37. The molecule has 3 rings (SSSR count). The first-order chi connectivity index (χ1) is 10.6. The number of nitrogens with one attached hydrogen (secondary N) is 1. The lowest BCUT2D eigenvalue weighted by Crippen LogP contribution is -2.48. The van der Waals surface area contributed by atoms with E-state index in [1.807, 2.05) is 4.90 Å². The van der Waals surface area contributed by atoms with Crippen molar-refractivity contribution in [1.29, 1.82) is 0 Å². The molecule has 22 heavy (non-hydrogen) atoms. The Labute approximate surface area is 133 Å². The van der Waals surface area contributed by atoms with Crippen LogP contribution in [0.25, 0.3) is 0 Å². The standard InChI is InChI=1S/C17H29N3O2/c1-12(19(2)15-7-8-15)10-18-16(21)14-4-3-9-20(11-14)17(22)13-5-6-13/h12-15H,3-11H2,1-2H3,(H,18,21)/t12-,14-/m0/s1. The summed E-state index contributed by atoms with van der Waals surface area (Å²) in [6, 6.07) is 1.09. The fourth-order valence-electron chi connectivity index (χ4n) is 3.36. The highest BCUT2D eigenvalue weighted by molar-refractivity contribution is 5.83. The molecular formula is C17H29N3O2. The largest absolute Gasteiger partial charge is 0.354 e. The molecule has 3 aliphatic rings. The van der Waals surface area contributed by atoms with E-state index in [-0.39, 0.29) is 23.7 Å². The molecule has 2 saturated carbocycles. The highest BCUT2D eigenvalue weighted by atomic mass is 16.2. The Bertz CT molecular complexity index is 432. The van der Waals surface area contributed by atoms with Gasteiger partial charge in [0.05, 0.1) is 5.92 Å². The van der Waals surface area contributed by atoms with Gasteiger partial charge >= 0.3 is 0 Å². The predicted molar refractivity (Wildman–Crippen MR) is 85.3 cm³/mol. The summed E-state index contributed by atoms with van der Waals surface area (Å²) in [5, 5.41) is 3.10. The van der Waals surface area contributed by atoms with E-state index in [0.29, 0.717) is 25.2 Å². The Morgan fingerprint density at radius 2 is 1.91 bits per heavy atom. The van der Waals surface area contributed by atoms with E-state index in [0.717, 1.165) is 32.2 Å². The summed E-state index contributed by atoms with van der Waals surface area (Å²) in [5.74, 6) is 0.646. The van der Waals surface area contributed by atoms with Crippen LogP contribution in [0.2, 0.25) is 0 Å². The molecule has 0 radical (unpaired) electrons. The highest BCUT2D eigenvalue weighted by Crippen LogP contribution is 2.32. The molecule has 1 saturated heterocycles. The fourth-order valence-corrected chi connectivity index (χ4v) is 3.36. The number of amides is 2. The maximum Gasteiger partial charge on any atom is 0.225 e. The van der Waals surface area contributed by atoms with E-state index < -0.39 is 0 Å². The van der Waals surface area contributed by atoms with Gasteiger partial charge in [0.15, 0.2) is 0 Å². The molecule has 1 N–H and O–H groups in total. The maximum absolute atomic E-state index is 12.4. The molecule has 5 nitrogen and oxygen atoms in total. The van der Waals surface area contributed by atoms with Gasteiger partial charge in [0.2, 0.25) is 11.8 Å². The minimum absolute atomic E-state index is 0.0186. The first-order valence-electron chi connectivity index (χ1n) is 8.84. The number of nitrogens with zero attached hydrogens (tertiary/aromatic N) is 2. The van der Waals surface area contributed by atoms with Crippen LogP contribution in [0.5, 0.6) is 0 Å². The third kappa shape index (κ3) is 3.80. The van der Waals surface area contributed by atoms with Crippen LogP contribution in [0.1, 0.15) is 45.4 Å². The second kappa shape index (κ2) is 6.57. The van der Waals surface area contributed by atoms with Crippen molar-refractivity contribution in [3.8, 4) is 0 Å². The van der Waals surface area contributed by atoms with Crippen LogP contribution >= 0.6 is 0 Å². The first kappa shape index (κ1) is 15.8. The zero-order chi connectivity index (χ0) is 15.7. The summed E-state index contributed by atoms with van der Waals surface area (Å²) >= 11 is 0. The fraction of sp³-hybridized carbons (Fsp3) is 0.882. The number of hydrogen-bond acceptors (Lipinski definition) is 3. The van der Waals surface area contributed by atoms with Crippen molar-refractivity contribution in [2.45, 2.75) is 57.5 Å². The van der Waals surface area contributed by atoms with E-state index in [4.69, 9.17) is 0 Å². The van der Waals surface area contributed by atoms with Gasteiger partial charge < -0.3 is 10.2 Å². The van der Waals surface area contributed by atoms with Crippen LogP contribution in [0, 0.1) is 11.8 Å². The van der Waals surface area contributed by atoms with Crippen molar-refractivity contribution in [3.63, 3.8) is 0 Å². The molecular weight excluding hydrogens is 278 g/mol. The molecule has 124 valence electrons. The quantitative estimate of drug-likeness (QED) is 0.803. The Hall–Kier alpha value is -1.10. The van der Waals surface area contributed by atoms with Gasteiger partial charge in [0, 0.05) is 37.6 Å². The lowest BCUT2D eigenvalue weighted by molar-refractivity contribution is -0.136. The number of piperidine rings is 1. The molecule has 0 spiro atoms. The minimum atomic E-state index is -0.0186. The monoisotopic (exact) mass is 307 g/mol. The Morgan fingerprint density at radius 3 is 2.55 bits per heavy atom. The number of carbonyl (C=O) groups is 2. The van der Waals surface area contributed by atoms with E-state index in [2.05, 4.69) is 24.2 Å². The van der Waals surface area contributed by atoms with Crippen LogP contribution in [0.3, 0.4) is 0 Å². The summed E-state index contributed by atoms with van der Waals surface area (Å²) in [7, 11) is 2.14. The zero-order valence-electron chi connectivity index (χ0n) is 13.9. The van der Waals surface area contributed by atoms with Gasteiger partial charge in [-0.2, -0.15) is 0 Å². The minimum Gasteiger partial charge on any atom is -0.354 e. The summed E-state index contributed by atoms with van der Waals surface area (Å²) in [6.45, 7) is 4.33. The second-order valence-corrected chi connectivity index (χ2v) is 7.39. The molecule has 2 atom stereocenters. The summed E-state index contributed by atoms with van der Waals surface area (Å²) in [5.41, 5.74) is 0. The van der Waals surface area contributed by atoms with E-state index in [1.165, 1.54) is 12.8 Å². The van der Waals surface area contributed by atoms with Crippen LogP contribution in [0.4, 0.5) is 0 Å². The second-order valence-electron chi connectivity index (χ2n) is 7.39. The summed E-state index contributed by atoms with van der Waals surface area (Å²) in [6.07, 6.45) is 6.51. The van der Waals surface area contributed by atoms with Crippen molar-refractivity contribution >= 4 is 11.8 Å². The molecule has 0 aromatic carbocycles. The number of carbonyl (C=O) groups excluding carboxylic acids is 2. The van der Waals surface area contributed by atoms with Crippen molar-refractivity contribution in [3.05, 3.63) is 0 Å². The number of likely N-dealkylation sites (tertiary alicyclic amines) is 1. The van der Waals surface area contributed by atoms with Gasteiger partial charge in [-0.25, -0.2) is 0 Å². The lowest BCUT2D eigenvalue weighted by atomic mass is 9.96. The average Bonchev–Trinajstić information content (AvgIpc) is 3.42. The molecule has 2 aliphatic carbocycles. The zero-order valence-corrected chi connectivity index (χ0v) is 13.9. The molecule has 0 unspecified atom stereocenters. The lowest BCUT2D eigenvalue weighted by Gasteiger charge is -2.33. The first-order valence-corrected chi connectivity index (χ1v) is 8.84. The van der Waals surface area contributed by atoms with Gasteiger partial charge in [0.25, 0.3) is 0 Å². The third-order valence-electron chi connectivity index (χ3n) is 5.42. The van der Waals surface area contributed by atoms with Gasteiger partial charge in [-0.1, -0.05) is 0 Å². The summed E-state index contributed by atoms with van der Waals surface area (Å²) < 4.78 is 0. The molecule has 2 amide bonds. The SMILES string of the molecule is C[C@@H](CNC(=O)[C@H]1CCCN(C(=O)C2CC2)C1)N(C)C1CC1. The van der Waals surface area contributed by atoms with Crippen LogP contribution < -0.4 is 5.32 Å². The van der Waals surface area contributed by atoms with Gasteiger partial charge in [-0.05, 0) is 52.5 Å². The number of hydrogen-bond donors (Lipinski definition) is 1. The van der Waals surface area contributed by atoms with Crippen LogP contribution in [0.15, 0.2) is 0 Å². The molecule has 0 bridgehead atoms. The van der Waals surface area contributed by atoms with E-state index in [1.54, 1.807) is 0 Å². The third-order valence-corrected chi connectivity index (χ3v) is 5.42. The molecule has 5 heteroatoms. The Balaban J connectivity index is 1.43. The Morgan fingerprint density at radius 1 is 1.18 bits per heavy atom. The molecule has 0 aromatic rings. The maximum atomic E-state index is 12.4. The van der Waals surface area contributed by atoms with Gasteiger partial charge in [-0.15, -0.1) is 0 Å². The van der Waals surface area contributed by atoms with E-state index >= 15 is 0 Å². The smallest absolute Gasteiger partial charge is 0.225 e. The van der Waals surface area contributed by atoms with Gasteiger partial charge in [-0.3, -0.25) is 14.5 Å². The number of likely N-dealkylation sites (N-methyl/N-ethyl adjacent to an activating group) is 1. The predicted octanol–water partition coefficient (Wildman–Crippen LogP) is 1.23. The van der Waals surface area contributed by atoms with E-state index in [9.17, 15) is 9.59 Å². The van der Waals surface area contributed by atoms with Crippen molar-refractivity contribution in [1.82, 2.24) is 15.1 Å². The topological polar surface area (TPSA) is 52.7 Å². The van der Waals surface area contributed by atoms with Crippen molar-refractivity contribution in [2.75, 3.05) is 26.7 Å².